The molecule has 1 aliphatic rings. The minimum Gasteiger partial charge on any atom is -0.0864 e. The average molecular weight is 300 g/mol. The van der Waals surface area contributed by atoms with Gasteiger partial charge in [-0.2, -0.15) is 0 Å². The maximum atomic E-state index is 2.47. The zero-order valence-electron chi connectivity index (χ0n) is 8.51. The first-order valence-corrected chi connectivity index (χ1v) is 7.08. The van der Waals surface area contributed by atoms with Gasteiger partial charge in [-0.1, -0.05) is 59.7 Å². The van der Waals surface area contributed by atoms with Gasteiger partial charge in [-0.05, 0) is 40.7 Å². The molecular weight excluding hydrogens is 283 g/mol. The smallest absolute Gasteiger partial charge is 0.000473 e. The summed E-state index contributed by atoms with van der Waals surface area (Å²) in [7, 11) is 0. The summed E-state index contributed by atoms with van der Waals surface area (Å²) in [5, 5.41) is 0. The lowest BCUT2D eigenvalue weighted by atomic mass is 9.75. The highest BCUT2D eigenvalue weighted by molar-refractivity contribution is 14.1. The SMILES string of the molecule is ICCCCCC1Cc2ccccc21. The van der Waals surface area contributed by atoms with Crippen LogP contribution in [0.15, 0.2) is 24.3 Å². The van der Waals surface area contributed by atoms with Gasteiger partial charge >= 0.3 is 0 Å². The molecule has 0 saturated carbocycles. The number of rotatable bonds is 5. The van der Waals surface area contributed by atoms with Crippen molar-refractivity contribution < 1.29 is 0 Å². The molecule has 0 radical (unpaired) electrons. The van der Waals surface area contributed by atoms with Gasteiger partial charge in [0.15, 0.2) is 0 Å². The molecule has 1 heteroatoms. The highest BCUT2D eigenvalue weighted by Gasteiger charge is 2.24. The van der Waals surface area contributed by atoms with E-state index in [1.165, 1.54) is 36.5 Å². The second-order valence-corrected chi connectivity index (χ2v) is 5.22. The van der Waals surface area contributed by atoms with Crippen LogP contribution in [0.25, 0.3) is 0 Å². The third-order valence-electron chi connectivity index (χ3n) is 3.15. The zero-order valence-corrected chi connectivity index (χ0v) is 10.7. The minimum absolute atomic E-state index is 0.889. The first-order chi connectivity index (χ1) is 6.92. The Morgan fingerprint density at radius 2 is 2.00 bits per heavy atom. The molecule has 1 aliphatic carbocycles. The topological polar surface area (TPSA) is 0 Å². The van der Waals surface area contributed by atoms with E-state index in [2.05, 4.69) is 46.9 Å². The Hall–Kier alpha value is -0.0500. The van der Waals surface area contributed by atoms with E-state index in [4.69, 9.17) is 0 Å². The van der Waals surface area contributed by atoms with Crippen molar-refractivity contribution in [3.63, 3.8) is 0 Å². The number of hydrogen-bond acceptors (Lipinski definition) is 0. The molecule has 0 N–H and O–H groups in total. The van der Waals surface area contributed by atoms with Gasteiger partial charge in [0.25, 0.3) is 0 Å². The van der Waals surface area contributed by atoms with Gasteiger partial charge in [-0.3, -0.25) is 0 Å². The third kappa shape index (κ3) is 2.30. The molecule has 0 nitrogen and oxygen atoms in total. The lowest BCUT2D eigenvalue weighted by molar-refractivity contribution is 0.521. The van der Waals surface area contributed by atoms with Crippen molar-refractivity contribution >= 4 is 22.6 Å². The Morgan fingerprint density at radius 3 is 2.79 bits per heavy atom. The summed E-state index contributed by atoms with van der Waals surface area (Å²) in [6, 6.07) is 8.92. The summed E-state index contributed by atoms with van der Waals surface area (Å²) >= 11 is 2.47. The third-order valence-corrected chi connectivity index (χ3v) is 3.91. The lowest BCUT2D eigenvalue weighted by Gasteiger charge is -2.30. The summed E-state index contributed by atoms with van der Waals surface area (Å²) in [6.45, 7) is 0. The maximum Gasteiger partial charge on any atom is -0.000473 e. The van der Waals surface area contributed by atoms with Gasteiger partial charge in [0, 0.05) is 0 Å². The number of benzene rings is 1. The van der Waals surface area contributed by atoms with E-state index in [0.717, 1.165) is 5.92 Å². The molecule has 1 atom stereocenters. The van der Waals surface area contributed by atoms with E-state index in [9.17, 15) is 0 Å². The fourth-order valence-electron chi connectivity index (χ4n) is 2.28. The molecule has 76 valence electrons. The molecule has 0 saturated heterocycles. The van der Waals surface area contributed by atoms with E-state index >= 15 is 0 Å². The summed E-state index contributed by atoms with van der Waals surface area (Å²) in [5.74, 6) is 0.889. The van der Waals surface area contributed by atoms with Crippen LogP contribution in [0, 0.1) is 0 Å². The molecule has 0 aliphatic heterocycles. The molecule has 14 heavy (non-hydrogen) atoms. The standard InChI is InChI=1S/C13H17I/c14-9-5-1-2-6-11-10-12-7-3-4-8-13(11)12/h3-4,7-8,11H,1-2,5-6,9-10H2. The largest absolute Gasteiger partial charge is 0.0864 e. The van der Waals surface area contributed by atoms with E-state index in [-0.39, 0.29) is 0 Å². The van der Waals surface area contributed by atoms with Gasteiger partial charge < -0.3 is 0 Å². The van der Waals surface area contributed by atoms with Crippen LogP contribution < -0.4 is 0 Å². The zero-order chi connectivity index (χ0) is 9.80. The molecule has 0 aromatic heterocycles. The predicted octanol–water partition coefficient (Wildman–Crippen LogP) is 4.32. The second kappa shape index (κ2) is 5.15. The number of alkyl halides is 1. The molecule has 2 rings (SSSR count). The van der Waals surface area contributed by atoms with Gasteiger partial charge in [0.05, 0.1) is 0 Å². The Morgan fingerprint density at radius 1 is 1.14 bits per heavy atom. The summed E-state index contributed by atoms with van der Waals surface area (Å²) < 4.78 is 1.32. The summed E-state index contributed by atoms with van der Waals surface area (Å²) in [6.07, 6.45) is 6.98. The predicted molar refractivity (Wildman–Crippen MR) is 70.2 cm³/mol. The number of halogens is 1. The van der Waals surface area contributed by atoms with Crippen molar-refractivity contribution in [1.82, 2.24) is 0 Å². The van der Waals surface area contributed by atoms with Crippen molar-refractivity contribution in [3.8, 4) is 0 Å². The Balaban J connectivity index is 1.76. The molecule has 0 spiro atoms. The Kier molecular flexibility index (Phi) is 3.85. The number of hydrogen-bond donors (Lipinski definition) is 0. The monoisotopic (exact) mass is 300 g/mol. The average Bonchev–Trinajstić information content (AvgIpc) is 2.19. The van der Waals surface area contributed by atoms with Crippen LogP contribution in [0.2, 0.25) is 0 Å². The number of fused-ring (bicyclic) bond motifs is 1. The Labute approximate surface area is 100 Å². The number of unbranched alkanes of at least 4 members (excludes halogenated alkanes) is 2. The van der Waals surface area contributed by atoms with Crippen molar-refractivity contribution in [2.24, 2.45) is 0 Å². The van der Waals surface area contributed by atoms with Gasteiger partial charge in [0.2, 0.25) is 0 Å². The molecule has 0 bridgehead atoms. The van der Waals surface area contributed by atoms with Crippen LogP contribution in [-0.2, 0) is 6.42 Å². The van der Waals surface area contributed by atoms with E-state index < -0.39 is 0 Å². The minimum atomic E-state index is 0.889. The molecule has 1 unspecified atom stereocenters. The fourth-order valence-corrected chi connectivity index (χ4v) is 2.82. The second-order valence-electron chi connectivity index (χ2n) is 4.14. The highest BCUT2D eigenvalue weighted by atomic mass is 127. The first-order valence-electron chi connectivity index (χ1n) is 5.55. The van der Waals surface area contributed by atoms with Crippen molar-refractivity contribution in [1.29, 1.82) is 0 Å². The summed E-state index contributed by atoms with van der Waals surface area (Å²) in [4.78, 5) is 0. The summed E-state index contributed by atoms with van der Waals surface area (Å²) in [5.41, 5.74) is 3.22. The van der Waals surface area contributed by atoms with Crippen LogP contribution in [-0.4, -0.2) is 4.43 Å². The molecular formula is C13H17I. The van der Waals surface area contributed by atoms with Crippen molar-refractivity contribution in [2.75, 3.05) is 4.43 Å². The van der Waals surface area contributed by atoms with Crippen LogP contribution in [0.3, 0.4) is 0 Å². The van der Waals surface area contributed by atoms with Gasteiger partial charge in [-0.15, -0.1) is 0 Å². The molecule has 1 aromatic carbocycles. The lowest BCUT2D eigenvalue weighted by Crippen LogP contribution is -2.16. The van der Waals surface area contributed by atoms with Crippen LogP contribution in [0.4, 0.5) is 0 Å². The molecule has 0 amide bonds. The fraction of sp³-hybridized carbons (Fsp3) is 0.538. The van der Waals surface area contributed by atoms with E-state index in [0.29, 0.717) is 0 Å². The van der Waals surface area contributed by atoms with Gasteiger partial charge in [0.1, 0.15) is 0 Å². The quantitative estimate of drug-likeness (QED) is 0.431. The highest BCUT2D eigenvalue weighted by Crippen LogP contribution is 2.38. The molecule has 0 fully saturated rings. The van der Waals surface area contributed by atoms with E-state index in [1.54, 1.807) is 11.1 Å². The van der Waals surface area contributed by atoms with Gasteiger partial charge in [-0.25, -0.2) is 0 Å². The van der Waals surface area contributed by atoms with Crippen molar-refractivity contribution in [3.05, 3.63) is 35.4 Å². The van der Waals surface area contributed by atoms with Crippen LogP contribution in [0.1, 0.15) is 42.7 Å². The maximum absolute atomic E-state index is 2.47. The normalized spacial score (nSPS) is 18.8. The first kappa shape index (κ1) is 10.5. The van der Waals surface area contributed by atoms with E-state index in [1.807, 2.05) is 0 Å². The van der Waals surface area contributed by atoms with Crippen molar-refractivity contribution in [2.45, 2.75) is 38.0 Å². The molecule has 1 aromatic rings. The van der Waals surface area contributed by atoms with Crippen LogP contribution >= 0.6 is 22.6 Å². The van der Waals surface area contributed by atoms with Crippen LogP contribution in [0.5, 0.6) is 0 Å². The molecule has 0 heterocycles. The Bertz CT molecular complexity index is 293.